The number of rotatable bonds is 8. The minimum atomic E-state index is -3.19. The lowest BCUT2D eigenvalue weighted by atomic mass is 9.98. The fourth-order valence-corrected chi connectivity index (χ4v) is 3.83. The topological polar surface area (TPSA) is 75.7 Å². The van der Waals surface area contributed by atoms with Gasteiger partial charge in [0.1, 0.15) is 5.75 Å². The molecule has 1 aliphatic rings. The molecule has 1 atom stereocenters. The van der Waals surface area contributed by atoms with Crippen molar-refractivity contribution in [2.75, 3.05) is 32.5 Å². The lowest BCUT2D eigenvalue weighted by Gasteiger charge is -2.32. The summed E-state index contributed by atoms with van der Waals surface area (Å²) in [6.45, 7) is 4.15. The average Bonchev–Trinajstić information content (AvgIpc) is 2.58. The summed E-state index contributed by atoms with van der Waals surface area (Å²) in [6.07, 6.45) is 4.07. The molecule has 1 saturated heterocycles. The molecule has 8 heteroatoms. The second kappa shape index (κ2) is 9.58. The number of ether oxygens (including phenoxy) is 1. The van der Waals surface area contributed by atoms with Crippen LogP contribution in [0.2, 0.25) is 5.02 Å². The lowest BCUT2D eigenvalue weighted by Crippen LogP contribution is -2.43. The molecular formula is C18H27ClN2O4S. The third kappa shape index (κ3) is 7.13. The fraction of sp³-hybridized carbons (Fsp3) is 0.611. The molecule has 6 nitrogen and oxygen atoms in total. The van der Waals surface area contributed by atoms with Crippen LogP contribution < -0.4 is 9.46 Å². The summed E-state index contributed by atoms with van der Waals surface area (Å²) in [4.78, 5) is 14.2. The van der Waals surface area contributed by atoms with Gasteiger partial charge in [-0.25, -0.2) is 13.1 Å². The van der Waals surface area contributed by atoms with E-state index in [1.165, 1.54) is 0 Å². The highest BCUT2D eigenvalue weighted by atomic mass is 35.5. The number of benzene rings is 1. The van der Waals surface area contributed by atoms with Crippen molar-refractivity contribution in [3.05, 3.63) is 28.8 Å². The van der Waals surface area contributed by atoms with E-state index in [2.05, 4.69) is 4.72 Å². The van der Waals surface area contributed by atoms with Gasteiger partial charge in [-0.3, -0.25) is 4.79 Å². The number of carbonyl (C=O) groups excluding carboxylic acids is 1. The molecule has 1 N–H and O–H groups in total. The van der Waals surface area contributed by atoms with Crippen molar-refractivity contribution in [2.24, 2.45) is 5.92 Å². The van der Waals surface area contributed by atoms with Gasteiger partial charge in [0.05, 0.1) is 12.9 Å². The Labute approximate surface area is 160 Å². The standard InChI is InChI=1S/C18H27ClN2O4S/c1-14-11-16(19)7-8-17(14)25-10-4-6-18(22)21-9-3-5-15(13-21)12-20-26(2,23)24/h7-8,11,15,20H,3-6,9-10,12-13H2,1-2H3. The van der Waals surface area contributed by atoms with E-state index < -0.39 is 10.0 Å². The van der Waals surface area contributed by atoms with Crippen LogP contribution >= 0.6 is 11.6 Å². The van der Waals surface area contributed by atoms with Crippen LogP contribution in [0.3, 0.4) is 0 Å². The summed E-state index contributed by atoms with van der Waals surface area (Å²) < 4.78 is 30.7. The predicted octanol–water partition coefficient (Wildman–Crippen LogP) is 2.60. The van der Waals surface area contributed by atoms with E-state index >= 15 is 0 Å². The summed E-state index contributed by atoms with van der Waals surface area (Å²) in [5.74, 6) is 1.06. The second-order valence-corrected chi connectivity index (χ2v) is 9.10. The van der Waals surface area contributed by atoms with Gasteiger partial charge in [-0.05, 0) is 55.9 Å². The highest BCUT2D eigenvalue weighted by molar-refractivity contribution is 7.88. The van der Waals surface area contributed by atoms with Gasteiger partial charge in [0.2, 0.25) is 15.9 Å². The molecule has 1 fully saturated rings. The molecule has 1 unspecified atom stereocenters. The van der Waals surface area contributed by atoms with Gasteiger partial charge >= 0.3 is 0 Å². The van der Waals surface area contributed by atoms with Gasteiger partial charge in [-0.1, -0.05) is 11.6 Å². The Hall–Kier alpha value is -1.31. The molecular weight excluding hydrogens is 376 g/mol. The van der Waals surface area contributed by atoms with Crippen LogP contribution in [-0.2, 0) is 14.8 Å². The van der Waals surface area contributed by atoms with Crippen LogP contribution in [0.5, 0.6) is 5.75 Å². The van der Waals surface area contributed by atoms with Crippen LogP contribution in [0.1, 0.15) is 31.2 Å². The molecule has 0 bridgehead atoms. The molecule has 26 heavy (non-hydrogen) atoms. The molecule has 146 valence electrons. The Balaban J connectivity index is 1.71. The van der Waals surface area contributed by atoms with Crippen molar-refractivity contribution in [3.63, 3.8) is 0 Å². The molecule has 0 aromatic heterocycles. The summed E-state index contributed by atoms with van der Waals surface area (Å²) >= 11 is 5.92. The van der Waals surface area contributed by atoms with E-state index in [0.717, 1.165) is 37.0 Å². The number of hydrogen-bond acceptors (Lipinski definition) is 4. The van der Waals surface area contributed by atoms with Crippen LogP contribution in [0.4, 0.5) is 0 Å². The number of amides is 1. The lowest BCUT2D eigenvalue weighted by molar-refractivity contribution is -0.133. The highest BCUT2D eigenvalue weighted by Gasteiger charge is 2.23. The van der Waals surface area contributed by atoms with Crippen molar-refractivity contribution in [2.45, 2.75) is 32.6 Å². The summed E-state index contributed by atoms with van der Waals surface area (Å²) in [5, 5.41) is 0.676. The van der Waals surface area contributed by atoms with Crippen molar-refractivity contribution in [1.82, 2.24) is 9.62 Å². The van der Waals surface area contributed by atoms with Gasteiger partial charge in [0, 0.05) is 31.1 Å². The van der Waals surface area contributed by atoms with Gasteiger partial charge in [0.25, 0.3) is 0 Å². The number of halogens is 1. The maximum atomic E-state index is 12.4. The monoisotopic (exact) mass is 402 g/mol. The molecule has 0 saturated carbocycles. The molecule has 2 rings (SSSR count). The van der Waals surface area contributed by atoms with E-state index in [1.54, 1.807) is 6.07 Å². The first-order valence-electron chi connectivity index (χ1n) is 8.86. The number of sulfonamides is 1. The quantitative estimate of drug-likeness (QED) is 0.678. The number of carbonyl (C=O) groups is 1. The maximum absolute atomic E-state index is 12.4. The SMILES string of the molecule is Cc1cc(Cl)ccc1OCCCC(=O)N1CCCC(CNS(C)(=O)=O)C1. The normalized spacial score (nSPS) is 18.0. The largest absolute Gasteiger partial charge is 0.493 e. The Morgan fingerprint density at radius 2 is 2.19 bits per heavy atom. The van der Waals surface area contributed by atoms with E-state index in [1.807, 2.05) is 24.0 Å². The summed E-state index contributed by atoms with van der Waals surface area (Å²) in [6, 6.07) is 5.47. The van der Waals surface area contributed by atoms with Crippen LogP contribution in [0.15, 0.2) is 18.2 Å². The van der Waals surface area contributed by atoms with Crippen molar-refractivity contribution in [1.29, 1.82) is 0 Å². The van der Waals surface area contributed by atoms with Crippen molar-refractivity contribution < 1.29 is 17.9 Å². The van der Waals surface area contributed by atoms with Crippen LogP contribution in [0, 0.1) is 12.8 Å². The first-order chi connectivity index (χ1) is 12.2. The van der Waals surface area contributed by atoms with E-state index in [-0.39, 0.29) is 11.8 Å². The van der Waals surface area contributed by atoms with Gasteiger partial charge in [-0.15, -0.1) is 0 Å². The highest BCUT2D eigenvalue weighted by Crippen LogP contribution is 2.22. The number of nitrogens with zero attached hydrogens (tertiary/aromatic N) is 1. The minimum absolute atomic E-state index is 0.102. The minimum Gasteiger partial charge on any atom is -0.493 e. The number of hydrogen-bond donors (Lipinski definition) is 1. The Morgan fingerprint density at radius 3 is 2.88 bits per heavy atom. The summed E-state index contributed by atoms with van der Waals surface area (Å²) in [5.41, 5.74) is 0.973. The molecule has 0 spiro atoms. The third-order valence-corrected chi connectivity index (χ3v) is 5.36. The van der Waals surface area contributed by atoms with Crippen molar-refractivity contribution >= 4 is 27.5 Å². The zero-order chi connectivity index (χ0) is 19.2. The first kappa shape index (κ1) is 21.0. The Morgan fingerprint density at radius 1 is 1.42 bits per heavy atom. The number of aryl methyl sites for hydroxylation is 1. The van der Waals surface area contributed by atoms with Gasteiger partial charge in [-0.2, -0.15) is 0 Å². The number of nitrogens with one attached hydrogen (secondary N) is 1. The second-order valence-electron chi connectivity index (χ2n) is 6.83. The van der Waals surface area contributed by atoms with E-state index in [9.17, 15) is 13.2 Å². The maximum Gasteiger partial charge on any atom is 0.222 e. The van der Waals surface area contributed by atoms with Gasteiger partial charge in [0.15, 0.2) is 0 Å². The average molecular weight is 403 g/mol. The Kier molecular flexibility index (Phi) is 7.73. The summed E-state index contributed by atoms with van der Waals surface area (Å²) in [7, 11) is -3.19. The Bertz CT molecular complexity index is 724. The molecule has 1 aliphatic heterocycles. The third-order valence-electron chi connectivity index (χ3n) is 4.44. The molecule has 0 aliphatic carbocycles. The van der Waals surface area contributed by atoms with Crippen molar-refractivity contribution in [3.8, 4) is 5.75 Å². The molecule has 1 heterocycles. The molecule has 0 radical (unpaired) electrons. The van der Waals surface area contributed by atoms with E-state index in [4.69, 9.17) is 16.3 Å². The van der Waals surface area contributed by atoms with Crippen LogP contribution in [-0.4, -0.2) is 51.7 Å². The smallest absolute Gasteiger partial charge is 0.222 e. The number of piperidine rings is 1. The van der Waals surface area contributed by atoms with Gasteiger partial charge < -0.3 is 9.64 Å². The zero-order valence-corrected chi connectivity index (χ0v) is 16.9. The zero-order valence-electron chi connectivity index (χ0n) is 15.3. The van der Waals surface area contributed by atoms with Crippen LogP contribution in [0.25, 0.3) is 0 Å². The predicted molar refractivity (Wildman–Crippen MR) is 103 cm³/mol. The molecule has 1 aromatic carbocycles. The van der Waals surface area contributed by atoms with E-state index in [0.29, 0.717) is 37.6 Å². The molecule has 1 amide bonds. The first-order valence-corrected chi connectivity index (χ1v) is 11.1. The molecule has 1 aromatic rings. The number of likely N-dealkylation sites (tertiary alicyclic amines) is 1. The fourth-order valence-electron chi connectivity index (χ4n) is 3.07.